The average Bonchev–Trinajstić information content (AvgIpc) is 3.08. The number of aromatic nitrogens is 3. The van der Waals surface area contributed by atoms with E-state index in [9.17, 15) is 4.79 Å². The fourth-order valence-electron chi connectivity index (χ4n) is 2.52. The zero-order chi connectivity index (χ0) is 14.8. The molecule has 3 rings (SSSR count). The molecule has 1 saturated heterocycles. The molecule has 0 aromatic carbocycles. The van der Waals surface area contributed by atoms with Gasteiger partial charge in [0.2, 0.25) is 0 Å². The molecule has 8 heteroatoms. The Bertz CT molecular complexity index is 640. The third-order valence-electron chi connectivity index (χ3n) is 3.54. The van der Waals surface area contributed by atoms with Crippen molar-refractivity contribution in [3.05, 3.63) is 27.4 Å². The van der Waals surface area contributed by atoms with Crippen LogP contribution in [0.2, 0.25) is 4.34 Å². The van der Waals surface area contributed by atoms with Gasteiger partial charge < -0.3 is 10.2 Å². The SMILES string of the molecule is Cc1nc([C@@H]2CCCCN2C(=O)Nc2ccsc2Cl)n[nH]1. The van der Waals surface area contributed by atoms with E-state index in [-0.39, 0.29) is 12.1 Å². The molecular weight excluding hydrogens is 310 g/mol. The van der Waals surface area contributed by atoms with Gasteiger partial charge >= 0.3 is 6.03 Å². The number of hydrogen-bond donors (Lipinski definition) is 2. The van der Waals surface area contributed by atoms with E-state index in [1.807, 2.05) is 12.3 Å². The van der Waals surface area contributed by atoms with Crippen molar-refractivity contribution in [2.75, 3.05) is 11.9 Å². The first-order valence-corrected chi connectivity index (χ1v) is 8.10. The van der Waals surface area contributed by atoms with Crippen molar-refractivity contribution >= 4 is 34.7 Å². The number of nitrogens with zero attached hydrogens (tertiary/aromatic N) is 3. The zero-order valence-electron chi connectivity index (χ0n) is 11.6. The lowest BCUT2D eigenvalue weighted by Crippen LogP contribution is -2.41. The molecule has 1 fully saturated rings. The maximum absolute atomic E-state index is 12.5. The summed E-state index contributed by atoms with van der Waals surface area (Å²) in [6, 6.07) is 1.57. The van der Waals surface area contributed by atoms with Crippen LogP contribution in [0.25, 0.3) is 0 Å². The largest absolute Gasteiger partial charge is 0.322 e. The molecule has 6 nitrogen and oxygen atoms in total. The maximum atomic E-state index is 12.5. The molecule has 0 unspecified atom stereocenters. The normalized spacial score (nSPS) is 18.8. The summed E-state index contributed by atoms with van der Waals surface area (Å²) >= 11 is 7.43. The summed E-state index contributed by atoms with van der Waals surface area (Å²) in [5.74, 6) is 1.44. The van der Waals surface area contributed by atoms with Crippen molar-refractivity contribution in [3.63, 3.8) is 0 Å². The molecule has 112 valence electrons. The van der Waals surface area contributed by atoms with Gasteiger partial charge in [0.25, 0.3) is 0 Å². The molecule has 2 amide bonds. The van der Waals surface area contributed by atoms with E-state index in [4.69, 9.17) is 11.6 Å². The second-order valence-corrected chi connectivity index (χ2v) is 6.54. The van der Waals surface area contributed by atoms with E-state index in [0.29, 0.717) is 22.4 Å². The number of likely N-dealkylation sites (tertiary alicyclic amines) is 1. The van der Waals surface area contributed by atoms with Gasteiger partial charge in [-0.15, -0.1) is 11.3 Å². The predicted octanol–water partition coefficient (Wildman–Crippen LogP) is 3.59. The molecule has 0 aliphatic carbocycles. The van der Waals surface area contributed by atoms with Crippen molar-refractivity contribution in [1.29, 1.82) is 0 Å². The first kappa shape index (κ1) is 14.3. The van der Waals surface area contributed by atoms with Crippen molar-refractivity contribution in [3.8, 4) is 0 Å². The number of carbonyl (C=O) groups excluding carboxylic acids is 1. The Morgan fingerprint density at radius 2 is 2.43 bits per heavy atom. The third kappa shape index (κ3) is 3.03. The Hall–Kier alpha value is -1.60. The molecule has 21 heavy (non-hydrogen) atoms. The second-order valence-electron chi connectivity index (χ2n) is 5.02. The van der Waals surface area contributed by atoms with Crippen molar-refractivity contribution in [2.24, 2.45) is 0 Å². The van der Waals surface area contributed by atoms with Gasteiger partial charge in [-0.1, -0.05) is 11.6 Å². The maximum Gasteiger partial charge on any atom is 0.322 e. The standard InChI is InChI=1S/C13H16ClN5OS/c1-8-15-12(18-17-8)10-4-2-3-6-19(10)13(20)16-9-5-7-21-11(9)14/h5,7,10H,2-4,6H2,1H3,(H,16,20)(H,15,17,18)/t10-/m0/s1. The number of nitrogens with one attached hydrogen (secondary N) is 2. The third-order valence-corrected chi connectivity index (χ3v) is 4.71. The molecule has 2 N–H and O–H groups in total. The quantitative estimate of drug-likeness (QED) is 0.886. The number of urea groups is 1. The van der Waals surface area contributed by atoms with E-state index in [2.05, 4.69) is 20.5 Å². The average molecular weight is 326 g/mol. The van der Waals surface area contributed by atoms with Crippen LogP contribution in [0, 0.1) is 6.92 Å². The fourth-order valence-corrected chi connectivity index (χ4v) is 3.35. The Labute approximate surface area is 131 Å². The predicted molar refractivity (Wildman–Crippen MR) is 82.8 cm³/mol. The molecule has 0 radical (unpaired) electrons. The van der Waals surface area contributed by atoms with Gasteiger partial charge in [0.15, 0.2) is 5.82 Å². The van der Waals surface area contributed by atoms with Crippen molar-refractivity contribution in [1.82, 2.24) is 20.1 Å². The van der Waals surface area contributed by atoms with Crippen molar-refractivity contribution in [2.45, 2.75) is 32.2 Å². The monoisotopic (exact) mass is 325 g/mol. The Morgan fingerprint density at radius 1 is 1.57 bits per heavy atom. The lowest BCUT2D eigenvalue weighted by molar-refractivity contribution is 0.159. The number of rotatable bonds is 2. The van der Waals surface area contributed by atoms with E-state index in [0.717, 1.165) is 25.1 Å². The van der Waals surface area contributed by atoms with E-state index in [1.165, 1.54) is 11.3 Å². The van der Waals surface area contributed by atoms with E-state index < -0.39 is 0 Å². The molecule has 2 aromatic rings. The van der Waals surface area contributed by atoms with Crippen LogP contribution in [0.4, 0.5) is 10.5 Å². The molecule has 0 saturated carbocycles. The smallest absolute Gasteiger partial charge is 0.314 e. The van der Waals surface area contributed by atoms with E-state index in [1.54, 1.807) is 11.0 Å². The molecular formula is C13H16ClN5OS. The number of aryl methyl sites for hydroxylation is 1. The number of halogens is 1. The van der Waals surface area contributed by atoms with Crippen LogP contribution in [0.15, 0.2) is 11.4 Å². The molecule has 3 heterocycles. The van der Waals surface area contributed by atoms with Gasteiger partial charge in [-0.3, -0.25) is 5.10 Å². The molecule has 1 aliphatic heterocycles. The number of piperidine rings is 1. The number of hydrogen-bond acceptors (Lipinski definition) is 4. The highest BCUT2D eigenvalue weighted by Crippen LogP contribution is 2.31. The zero-order valence-corrected chi connectivity index (χ0v) is 13.2. The van der Waals surface area contributed by atoms with Crippen molar-refractivity contribution < 1.29 is 4.79 Å². The summed E-state index contributed by atoms with van der Waals surface area (Å²) in [6.45, 7) is 2.56. The van der Waals surface area contributed by atoms with Crippen LogP contribution < -0.4 is 5.32 Å². The highest BCUT2D eigenvalue weighted by molar-refractivity contribution is 7.15. The first-order chi connectivity index (χ1) is 10.1. The highest BCUT2D eigenvalue weighted by Gasteiger charge is 2.31. The highest BCUT2D eigenvalue weighted by atomic mass is 35.5. The Balaban J connectivity index is 1.77. The fraction of sp³-hybridized carbons (Fsp3) is 0.462. The van der Waals surface area contributed by atoms with Gasteiger partial charge in [0.05, 0.1) is 11.7 Å². The van der Waals surface area contributed by atoms with Gasteiger partial charge in [-0.2, -0.15) is 5.10 Å². The van der Waals surface area contributed by atoms with Crippen LogP contribution in [0.1, 0.15) is 37.0 Å². The van der Waals surface area contributed by atoms with Crippen LogP contribution in [0.3, 0.4) is 0 Å². The second kappa shape index (κ2) is 6.03. The van der Waals surface area contributed by atoms with E-state index >= 15 is 0 Å². The van der Waals surface area contributed by atoms with Crippen LogP contribution in [0.5, 0.6) is 0 Å². The topological polar surface area (TPSA) is 73.9 Å². The summed E-state index contributed by atoms with van der Waals surface area (Å²) in [7, 11) is 0. The number of thiophene rings is 1. The molecule has 0 bridgehead atoms. The Morgan fingerprint density at radius 3 is 3.10 bits per heavy atom. The van der Waals surface area contributed by atoms with Crippen LogP contribution in [-0.4, -0.2) is 32.7 Å². The lowest BCUT2D eigenvalue weighted by Gasteiger charge is -2.33. The summed E-state index contributed by atoms with van der Waals surface area (Å²) in [5, 5.41) is 11.8. The summed E-state index contributed by atoms with van der Waals surface area (Å²) in [6.07, 6.45) is 2.94. The van der Waals surface area contributed by atoms with Gasteiger partial charge in [-0.05, 0) is 37.6 Å². The number of anilines is 1. The Kier molecular flexibility index (Phi) is 4.12. The number of H-pyrrole nitrogens is 1. The first-order valence-electron chi connectivity index (χ1n) is 6.84. The summed E-state index contributed by atoms with van der Waals surface area (Å²) in [4.78, 5) is 18.7. The number of amides is 2. The summed E-state index contributed by atoms with van der Waals surface area (Å²) < 4.78 is 0.589. The minimum Gasteiger partial charge on any atom is -0.314 e. The lowest BCUT2D eigenvalue weighted by atomic mass is 10.0. The molecule has 1 atom stereocenters. The number of carbonyl (C=O) groups is 1. The minimum absolute atomic E-state index is 0.0823. The molecule has 1 aliphatic rings. The van der Waals surface area contributed by atoms with Crippen LogP contribution in [-0.2, 0) is 0 Å². The molecule has 0 spiro atoms. The number of aromatic amines is 1. The van der Waals surface area contributed by atoms with Gasteiger partial charge in [-0.25, -0.2) is 9.78 Å². The minimum atomic E-state index is -0.151. The summed E-state index contributed by atoms with van der Waals surface area (Å²) in [5.41, 5.74) is 0.655. The van der Waals surface area contributed by atoms with Crippen LogP contribution >= 0.6 is 22.9 Å². The van der Waals surface area contributed by atoms with Gasteiger partial charge in [0.1, 0.15) is 10.2 Å². The molecule has 2 aromatic heterocycles. The van der Waals surface area contributed by atoms with Gasteiger partial charge in [0, 0.05) is 6.54 Å².